The first-order chi connectivity index (χ1) is 9.42. The van der Waals surface area contributed by atoms with Gasteiger partial charge in [0, 0.05) is 25.7 Å². The molecule has 1 rings (SSSR count). The minimum absolute atomic E-state index is 0.00259. The molecule has 1 heterocycles. The third-order valence-corrected chi connectivity index (χ3v) is 3.26. The molecule has 20 heavy (non-hydrogen) atoms. The van der Waals surface area contributed by atoms with Crippen LogP contribution in [0.1, 0.15) is 36.9 Å². The maximum atomic E-state index is 11.7. The van der Waals surface area contributed by atoms with Crippen molar-refractivity contribution in [3.63, 3.8) is 0 Å². The molecule has 0 spiro atoms. The highest BCUT2D eigenvalue weighted by molar-refractivity contribution is 7.12. The molecular weight excluding hydrogens is 272 g/mol. The highest BCUT2D eigenvalue weighted by atomic mass is 32.1. The van der Waals surface area contributed by atoms with Gasteiger partial charge in [0.05, 0.1) is 4.88 Å². The zero-order valence-electron chi connectivity index (χ0n) is 12.6. The lowest BCUT2D eigenvalue weighted by molar-refractivity contribution is 0.0957. The van der Waals surface area contributed by atoms with Crippen molar-refractivity contribution >= 4 is 23.2 Å². The summed E-state index contributed by atoms with van der Waals surface area (Å²) in [4.78, 5) is 16.6. The van der Waals surface area contributed by atoms with Crippen molar-refractivity contribution in [2.24, 2.45) is 4.99 Å². The summed E-state index contributed by atoms with van der Waals surface area (Å²) in [7, 11) is 1.75. The normalized spacial score (nSPS) is 12.1. The Morgan fingerprint density at radius 2 is 2.00 bits per heavy atom. The summed E-state index contributed by atoms with van der Waals surface area (Å²) < 4.78 is 0. The molecule has 3 N–H and O–H groups in total. The summed E-state index contributed by atoms with van der Waals surface area (Å²) in [5.41, 5.74) is -0.0186. The Kier molecular flexibility index (Phi) is 6.51. The molecule has 0 fully saturated rings. The van der Waals surface area contributed by atoms with E-state index in [-0.39, 0.29) is 11.4 Å². The number of nitrogens with one attached hydrogen (secondary N) is 3. The van der Waals surface area contributed by atoms with E-state index < -0.39 is 0 Å². The van der Waals surface area contributed by atoms with Gasteiger partial charge in [0.25, 0.3) is 5.91 Å². The van der Waals surface area contributed by atoms with Crippen LogP contribution in [0.2, 0.25) is 0 Å². The highest BCUT2D eigenvalue weighted by Crippen LogP contribution is 2.07. The van der Waals surface area contributed by atoms with Crippen LogP contribution < -0.4 is 16.0 Å². The van der Waals surface area contributed by atoms with Crippen LogP contribution in [0.3, 0.4) is 0 Å². The van der Waals surface area contributed by atoms with E-state index in [1.807, 2.05) is 17.5 Å². The second-order valence-corrected chi connectivity index (χ2v) is 6.41. The Bertz CT molecular complexity index is 435. The molecule has 5 nitrogen and oxygen atoms in total. The molecule has 1 aromatic heterocycles. The monoisotopic (exact) mass is 296 g/mol. The maximum Gasteiger partial charge on any atom is 0.261 e. The molecule has 0 atom stereocenters. The molecule has 112 valence electrons. The van der Waals surface area contributed by atoms with E-state index in [9.17, 15) is 4.79 Å². The molecule has 0 saturated carbocycles. The number of rotatable bonds is 5. The Hall–Kier alpha value is -1.56. The van der Waals surface area contributed by atoms with Gasteiger partial charge in [-0.3, -0.25) is 9.79 Å². The zero-order chi connectivity index (χ0) is 15.0. The van der Waals surface area contributed by atoms with E-state index in [4.69, 9.17) is 0 Å². The molecule has 1 amide bonds. The number of amides is 1. The molecule has 0 aliphatic carbocycles. The van der Waals surface area contributed by atoms with Crippen LogP contribution in [0.5, 0.6) is 0 Å². The van der Waals surface area contributed by atoms with Gasteiger partial charge in [-0.1, -0.05) is 6.07 Å². The summed E-state index contributed by atoms with van der Waals surface area (Å²) in [5.74, 6) is 0.777. The minimum atomic E-state index is -0.0186. The standard InChI is InChI=1S/C14H24N4OS/c1-14(2,3)18-13(15-4)17-9-6-8-16-12(19)11-7-5-10-20-11/h5,7,10H,6,8-9H2,1-4H3,(H,16,19)(H2,15,17,18). The van der Waals surface area contributed by atoms with Gasteiger partial charge in [-0.05, 0) is 38.6 Å². The fourth-order valence-electron chi connectivity index (χ4n) is 1.53. The van der Waals surface area contributed by atoms with Crippen LogP contribution in [0.15, 0.2) is 22.5 Å². The Balaban J connectivity index is 2.17. The number of hydrogen-bond donors (Lipinski definition) is 3. The first-order valence-corrected chi connectivity index (χ1v) is 7.61. The van der Waals surface area contributed by atoms with Crippen molar-refractivity contribution < 1.29 is 4.79 Å². The van der Waals surface area contributed by atoms with Gasteiger partial charge in [0.15, 0.2) is 5.96 Å². The number of carbonyl (C=O) groups excluding carboxylic acids is 1. The average molecular weight is 296 g/mol. The van der Waals surface area contributed by atoms with Gasteiger partial charge in [-0.2, -0.15) is 0 Å². The summed E-state index contributed by atoms with van der Waals surface area (Å²) in [6, 6.07) is 3.70. The molecule has 0 aliphatic rings. The SMILES string of the molecule is CN=C(NCCCNC(=O)c1cccs1)NC(C)(C)C. The summed E-state index contributed by atoms with van der Waals surface area (Å²) in [6.07, 6.45) is 0.849. The number of thiophene rings is 1. The Morgan fingerprint density at radius 1 is 1.30 bits per heavy atom. The van der Waals surface area contributed by atoms with E-state index in [2.05, 4.69) is 41.7 Å². The van der Waals surface area contributed by atoms with E-state index in [1.165, 1.54) is 11.3 Å². The average Bonchev–Trinajstić information content (AvgIpc) is 2.89. The number of nitrogens with zero attached hydrogens (tertiary/aromatic N) is 1. The van der Waals surface area contributed by atoms with Crippen LogP contribution >= 0.6 is 11.3 Å². The van der Waals surface area contributed by atoms with E-state index >= 15 is 0 Å². The molecule has 0 radical (unpaired) electrons. The van der Waals surface area contributed by atoms with E-state index in [0.717, 1.165) is 23.8 Å². The van der Waals surface area contributed by atoms with Crippen LogP contribution in [0.25, 0.3) is 0 Å². The van der Waals surface area contributed by atoms with Gasteiger partial charge < -0.3 is 16.0 Å². The largest absolute Gasteiger partial charge is 0.356 e. The number of aliphatic imine (C=N–C) groups is 1. The first-order valence-electron chi connectivity index (χ1n) is 6.73. The predicted molar refractivity (Wildman–Crippen MR) is 85.5 cm³/mol. The van der Waals surface area contributed by atoms with Crippen LogP contribution in [0, 0.1) is 0 Å². The van der Waals surface area contributed by atoms with Gasteiger partial charge in [-0.25, -0.2) is 0 Å². The van der Waals surface area contributed by atoms with Crippen molar-refractivity contribution in [3.8, 4) is 0 Å². The fourth-order valence-corrected chi connectivity index (χ4v) is 2.17. The molecule has 0 aromatic carbocycles. The summed E-state index contributed by atoms with van der Waals surface area (Å²) in [5, 5.41) is 11.3. The molecule has 1 aromatic rings. The number of hydrogen-bond acceptors (Lipinski definition) is 3. The van der Waals surface area contributed by atoms with Crippen molar-refractivity contribution in [1.82, 2.24) is 16.0 Å². The molecule has 0 saturated heterocycles. The third-order valence-electron chi connectivity index (χ3n) is 2.39. The smallest absolute Gasteiger partial charge is 0.261 e. The van der Waals surface area contributed by atoms with Crippen molar-refractivity contribution in [3.05, 3.63) is 22.4 Å². The van der Waals surface area contributed by atoms with Crippen molar-refractivity contribution in [2.45, 2.75) is 32.7 Å². The van der Waals surface area contributed by atoms with Crippen LogP contribution in [0.4, 0.5) is 0 Å². The van der Waals surface area contributed by atoms with Crippen molar-refractivity contribution in [2.75, 3.05) is 20.1 Å². The quantitative estimate of drug-likeness (QED) is 0.441. The Labute approximate surface area is 124 Å². The molecule has 0 unspecified atom stereocenters. The second-order valence-electron chi connectivity index (χ2n) is 5.46. The van der Waals surface area contributed by atoms with E-state index in [0.29, 0.717) is 6.54 Å². The zero-order valence-corrected chi connectivity index (χ0v) is 13.4. The minimum Gasteiger partial charge on any atom is -0.356 e. The highest BCUT2D eigenvalue weighted by Gasteiger charge is 2.11. The maximum absolute atomic E-state index is 11.7. The number of guanidine groups is 1. The summed E-state index contributed by atoms with van der Waals surface area (Å²) in [6.45, 7) is 7.67. The van der Waals surface area contributed by atoms with Gasteiger partial charge in [-0.15, -0.1) is 11.3 Å². The molecule has 0 bridgehead atoms. The molecule has 6 heteroatoms. The van der Waals surface area contributed by atoms with Crippen molar-refractivity contribution in [1.29, 1.82) is 0 Å². The second kappa shape index (κ2) is 7.89. The number of carbonyl (C=O) groups is 1. The third kappa shape index (κ3) is 6.56. The lowest BCUT2D eigenvalue weighted by Crippen LogP contribution is -2.48. The lowest BCUT2D eigenvalue weighted by atomic mass is 10.1. The molecular formula is C14H24N4OS. The van der Waals surface area contributed by atoms with Crippen LogP contribution in [-0.4, -0.2) is 37.5 Å². The first kappa shape index (κ1) is 16.5. The predicted octanol–water partition coefficient (Wildman–Crippen LogP) is 1.83. The van der Waals surface area contributed by atoms with Gasteiger partial charge in [0.2, 0.25) is 0 Å². The van der Waals surface area contributed by atoms with Crippen LogP contribution in [-0.2, 0) is 0 Å². The summed E-state index contributed by atoms with van der Waals surface area (Å²) >= 11 is 1.45. The Morgan fingerprint density at radius 3 is 2.55 bits per heavy atom. The van der Waals surface area contributed by atoms with E-state index in [1.54, 1.807) is 7.05 Å². The van der Waals surface area contributed by atoms with Gasteiger partial charge in [0.1, 0.15) is 0 Å². The topological polar surface area (TPSA) is 65.5 Å². The molecule has 0 aliphatic heterocycles. The van der Waals surface area contributed by atoms with Gasteiger partial charge >= 0.3 is 0 Å². The lowest BCUT2D eigenvalue weighted by Gasteiger charge is -2.23. The fraction of sp³-hybridized carbons (Fsp3) is 0.571.